The molecule has 3 heteroatoms. The SMILES string of the molecule is Oc1ccc(CNc2cnc3ccccc3c2)cc1. The summed E-state index contributed by atoms with van der Waals surface area (Å²) in [4.78, 5) is 4.41. The molecule has 0 amide bonds. The molecule has 0 saturated carbocycles. The third-order valence-electron chi connectivity index (χ3n) is 3.02. The monoisotopic (exact) mass is 250 g/mol. The number of nitrogens with zero attached hydrogens (tertiary/aromatic N) is 1. The van der Waals surface area contributed by atoms with E-state index in [2.05, 4.69) is 16.4 Å². The van der Waals surface area contributed by atoms with Gasteiger partial charge in [-0.2, -0.15) is 0 Å². The van der Waals surface area contributed by atoms with Crippen molar-refractivity contribution in [3.8, 4) is 5.75 Å². The van der Waals surface area contributed by atoms with E-state index < -0.39 is 0 Å². The Labute approximate surface area is 111 Å². The average Bonchev–Trinajstić information content (AvgIpc) is 2.46. The van der Waals surface area contributed by atoms with Crippen molar-refractivity contribution in [1.82, 2.24) is 4.98 Å². The number of rotatable bonds is 3. The molecule has 0 fully saturated rings. The molecule has 0 radical (unpaired) electrons. The highest BCUT2D eigenvalue weighted by Gasteiger charge is 1.98. The molecule has 0 aliphatic rings. The Morgan fingerprint density at radius 1 is 1.00 bits per heavy atom. The molecule has 0 bridgehead atoms. The first-order valence-electron chi connectivity index (χ1n) is 6.18. The predicted octanol–water partition coefficient (Wildman–Crippen LogP) is 3.55. The molecule has 3 rings (SSSR count). The van der Waals surface area contributed by atoms with Crippen LogP contribution in [-0.4, -0.2) is 10.1 Å². The summed E-state index contributed by atoms with van der Waals surface area (Å²) in [6.07, 6.45) is 1.84. The third kappa shape index (κ3) is 2.65. The van der Waals surface area contributed by atoms with E-state index in [0.717, 1.165) is 22.2 Å². The zero-order chi connectivity index (χ0) is 13.1. The molecule has 0 unspecified atom stereocenters. The van der Waals surface area contributed by atoms with Gasteiger partial charge in [-0.3, -0.25) is 4.98 Å². The maximum absolute atomic E-state index is 9.23. The van der Waals surface area contributed by atoms with Gasteiger partial charge in [0.2, 0.25) is 0 Å². The van der Waals surface area contributed by atoms with Gasteiger partial charge in [-0.1, -0.05) is 30.3 Å². The average molecular weight is 250 g/mol. The molecule has 0 saturated heterocycles. The number of aromatic nitrogens is 1. The second-order valence-electron chi connectivity index (χ2n) is 4.44. The summed E-state index contributed by atoms with van der Waals surface area (Å²) < 4.78 is 0. The quantitative estimate of drug-likeness (QED) is 0.747. The summed E-state index contributed by atoms with van der Waals surface area (Å²) >= 11 is 0. The van der Waals surface area contributed by atoms with Gasteiger partial charge in [-0.15, -0.1) is 0 Å². The minimum atomic E-state index is 0.288. The lowest BCUT2D eigenvalue weighted by Gasteiger charge is -2.07. The Morgan fingerprint density at radius 3 is 2.63 bits per heavy atom. The van der Waals surface area contributed by atoms with E-state index in [0.29, 0.717) is 6.54 Å². The Kier molecular flexibility index (Phi) is 3.02. The van der Waals surface area contributed by atoms with Crippen molar-refractivity contribution in [2.45, 2.75) is 6.54 Å². The summed E-state index contributed by atoms with van der Waals surface area (Å²) in [5.74, 6) is 0.288. The minimum absolute atomic E-state index is 0.288. The van der Waals surface area contributed by atoms with Crippen LogP contribution in [-0.2, 0) is 6.54 Å². The Hall–Kier alpha value is -2.55. The van der Waals surface area contributed by atoms with Gasteiger partial charge in [0.1, 0.15) is 5.75 Å². The maximum Gasteiger partial charge on any atom is 0.115 e. The largest absolute Gasteiger partial charge is 0.508 e. The van der Waals surface area contributed by atoms with Crippen LogP contribution >= 0.6 is 0 Å². The molecular formula is C16H14N2O. The van der Waals surface area contributed by atoms with Crippen LogP contribution in [0.4, 0.5) is 5.69 Å². The van der Waals surface area contributed by atoms with Gasteiger partial charge in [0, 0.05) is 11.9 Å². The number of hydrogen-bond donors (Lipinski definition) is 2. The lowest BCUT2D eigenvalue weighted by atomic mass is 10.2. The highest BCUT2D eigenvalue weighted by Crippen LogP contribution is 2.17. The first-order valence-corrected chi connectivity index (χ1v) is 6.18. The van der Waals surface area contributed by atoms with Crippen molar-refractivity contribution in [2.24, 2.45) is 0 Å². The molecule has 94 valence electrons. The van der Waals surface area contributed by atoms with Gasteiger partial charge < -0.3 is 10.4 Å². The Balaban J connectivity index is 1.76. The molecular weight excluding hydrogens is 236 g/mol. The molecule has 1 heterocycles. The number of benzene rings is 2. The van der Waals surface area contributed by atoms with E-state index in [1.54, 1.807) is 12.1 Å². The second-order valence-corrected chi connectivity index (χ2v) is 4.44. The zero-order valence-electron chi connectivity index (χ0n) is 10.4. The number of pyridine rings is 1. The summed E-state index contributed by atoms with van der Waals surface area (Å²) in [6, 6.07) is 17.3. The van der Waals surface area contributed by atoms with Gasteiger partial charge in [0.15, 0.2) is 0 Å². The zero-order valence-corrected chi connectivity index (χ0v) is 10.4. The van der Waals surface area contributed by atoms with Gasteiger partial charge >= 0.3 is 0 Å². The molecule has 2 aromatic carbocycles. The topological polar surface area (TPSA) is 45.1 Å². The molecule has 0 aliphatic carbocycles. The molecule has 2 N–H and O–H groups in total. The number of nitrogens with one attached hydrogen (secondary N) is 1. The molecule has 0 atom stereocenters. The fourth-order valence-electron chi connectivity index (χ4n) is 1.99. The lowest BCUT2D eigenvalue weighted by Crippen LogP contribution is -1.99. The van der Waals surface area contributed by atoms with Gasteiger partial charge in [0.25, 0.3) is 0 Å². The summed E-state index contributed by atoms with van der Waals surface area (Å²) in [5, 5.41) is 13.7. The number of para-hydroxylation sites is 1. The second kappa shape index (κ2) is 4.98. The molecule has 0 spiro atoms. The molecule has 3 aromatic rings. The number of aromatic hydroxyl groups is 1. The number of phenolic OH excluding ortho intramolecular Hbond substituents is 1. The van der Waals surface area contributed by atoms with Crippen LogP contribution in [0, 0.1) is 0 Å². The lowest BCUT2D eigenvalue weighted by molar-refractivity contribution is 0.475. The van der Waals surface area contributed by atoms with E-state index in [9.17, 15) is 5.11 Å². The standard InChI is InChI=1S/C16H14N2O/c19-15-7-5-12(6-8-15)10-17-14-9-13-3-1-2-4-16(13)18-11-14/h1-9,11,17,19H,10H2. The normalized spacial score (nSPS) is 10.5. The fourth-order valence-corrected chi connectivity index (χ4v) is 1.99. The van der Waals surface area contributed by atoms with E-state index in [1.807, 2.05) is 42.6 Å². The van der Waals surface area contributed by atoms with E-state index >= 15 is 0 Å². The van der Waals surface area contributed by atoms with Crippen molar-refractivity contribution in [3.63, 3.8) is 0 Å². The highest BCUT2D eigenvalue weighted by atomic mass is 16.3. The van der Waals surface area contributed by atoms with Crippen LogP contribution in [0.2, 0.25) is 0 Å². The Bertz CT molecular complexity index is 692. The summed E-state index contributed by atoms with van der Waals surface area (Å²) in [6.45, 7) is 0.709. The van der Waals surface area contributed by atoms with Crippen LogP contribution in [0.25, 0.3) is 10.9 Å². The van der Waals surface area contributed by atoms with Crippen LogP contribution in [0.1, 0.15) is 5.56 Å². The first-order chi connectivity index (χ1) is 9.31. The van der Waals surface area contributed by atoms with Gasteiger partial charge in [0.05, 0.1) is 17.4 Å². The van der Waals surface area contributed by atoms with Gasteiger partial charge in [-0.05, 0) is 29.8 Å². The fraction of sp³-hybridized carbons (Fsp3) is 0.0625. The molecule has 19 heavy (non-hydrogen) atoms. The van der Waals surface area contributed by atoms with Gasteiger partial charge in [-0.25, -0.2) is 0 Å². The summed E-state index contributed by atoms with van der Waals surface area (Å²) in [7, 11) is 0. The third-order valence-corrected chi connectivity index (χ3v) is 3.02. The molecule has 0 aliphatic heterocycles. The van der Waals surface area contributed by atoms with E-state index in [1.165, 1.54) is 0 Å². The molecule has 3 nitrogen and oxygen atoms in total. The number of anilines is 1. The number of fused-ring (bicyclic) bond motifs is 1. The van der Waals surface area contributed by atoms with E-state index in [4.69, 9.17) is 0 Å². The first kappa shape index (κ1) is 11.5. The van der Waals surface area contributed by atoms with Crippen molar-refractivity contribution < 1.29 is 5.11 Å². The van der Waals surface area contributed by atoms with Crippen molar-refractivity contribution in [1.29, 1.82) is 0 Å². The molecule has 1 aromatic heterocycles. The maximum atomic E-state index is 9.23. The minimum Gasteiger partial charge on any atom is -0.508 e. The van der Waals surface area contributed by atoms with Crippen LogP contribution in [0.5, 0.6) is 5.75 Å². The van der Waals surface area contributed by atoms with Crippen molar-refractivity contribution in [2.75, 3.05) is 5.32 Å². The Morgan fingerprint density at radius 2 is 1.79 bits per heavy atom. The van der Waals surface area contributed by atoms with E-state index in [-0.39, 0.29) is 5.75 Å². The highest BCUT2D eigenvalue weighted by molar-refractivity contribution is 5.81. The summed E-state index contributed by atoms with van der Waals surface area (Å²) in [5.41, 5.74) is 3.11. The number of phenols is 1. The van der Waals surface area contributed by atoms with Crippen LogP contribution < -0.4 is 5.32 Å². The van der Waals surface area contributed by atoms with Crippen LogP contribution in [0.15, 0.2) is 60.8 Å². The van der Waals surface area contributed by atoms with Crippen LogP contribution in [0.3, 0.4) is 0 Å². The van der Waals surface area contributed by atoms with Crippen molar-refractivity contribution in [3.05, 3.63) is 66.4 Å². The number of hydrogen-bond acceptors (Lipinski definition) is 3. The van der Waals surface area contributed by atoms with Crippen molar-refractivity contribution >= 4 is 16.6 Å². The predicted molar refractivity (Wildman–Crippen MR) is 77.2 cm³/mol. The smallest absolute Gasteiger partial charge is 0.115 e.